The molecule has 0 heterocycles. The van der Waals surface area contributed by atoms with Gasteiger partial charge in [-0.15, -0.1) is 0 Å². The summed E-state index contributed by atoms with van der Waals surface area (Å²) in [6.07, 6.45) is 0.783. The van der Waals surface area contributed by atoms with E-state index in [1.54, 1.807) is 18.2 Å². The number of carbonyl (C=O) groups is 1. The summed E-state index contributed by atoms with van der Waals surface area (Å²) in [6.45, 7) is 0. The van der Waals surface area contributed by atoms with E-state index in [0.29, 0.717) is 17.0 Å². The molecule has 14 heavy (non-hydrogen) atoms. The average molecular weight is 209 g/mol. The smallest absolute Gasteiger partial charge is 0.217 e. The normalized spacial score (nSPS) is 9.43. The minimum Gasteiger partial charge on any atom is -0.370 e. The van der Waals surface area contributed by atoms with Gasteiger partial charge < -0.3 is 5.73 Å². The molecule has 0 saturated carbocycles. The van der Waals surface area contributed by atoms with Gasteiger partial charge in [0, 0.05) is 11.4 Å². The second kappa shape index (κ2) is 4.64. The molecule has 0 aliphatic carbocycles. The van der Waals surface area contributed by atoms with E-state index in [2.05, 4.69) is 0 Å². The van der Waals surface area contributed by atoms with Crippen molar-refractivity contribution in [2.45, 2.75) is 12.8 Å². The van der Waals surface area contributed by atoms with Crippen molar-refractivity contribution in [2.24, 2.45) is 5.73 Å². The number of halogens is 1. The lowest BCUT2D eigenvalue weighted by molar-refractivity contribution is -0.117. The van der Waals surface area contributed by atoms with Crippen molar-refractivity contribution in [3.05, 3.63) is 34.3 Å². The second-order valence-electron chi connectivity index (χ2n) is 2.88. The number of carbonyl (C=O) groups excluding carboxylic acids is 1. The van der Waals surface area contributed by atoms with E-state index in [1.807, 2.05) is 6.07 Å². The fourth-order valence-electron chi connectivity index (χ4n) is 1.08. The van der Waals surface area contributed by atoms with Gasteiger partial charge >= 0.3 is 0 Å². The topological polar surface area (TPSA) is 66.9 Å². The molecular weight excluding hydrogens is 200 g/mol. The summed E-state index contributed by atoms with van der Waals surface area (Å²) in [6, 6.07) is 6.97. The summed E-state index contributed by atoms with van der Waals surface area (Å²) in [5.74, 6) is -0.356. The van der Waals surface area contributed by atoms with Crippen LogP contribution in [0.3, 0.4) is 0 Å². The van der Waals surface area contributed by atoms with Crippen LogP contribution in [0, 0.1) is 11.3 Å². The molecule has 4 heteroatoms. The Labute approximate surface area is 87.1 Å². The minimum absolute atomic E-state index is 0.269. The molecule has 0 atom stereocenters. The molecule has 0 bridgehead atoms. The van der Waals surface area contributed by atoms with Gasteiger partial charge in [-0.25, -0.2) is 0 Å². The van der Waals surface area contributed by atoms with Crippen molar-refractivity contribution in [3.8, 4) is 6.07 Å². The van der Waals surface area contributed by atoms with Gasteiger partial charge in [0.05, 0.1) is 11.6 Å². The molecule has 0 aromatic heterocycles. The Bertz CT molecular complexity index is 396. The fraction of sp³-hybridized carbons (Fsp3) is 0.200. The van der Waals surface area contributed by atoms with E-state index in [9.17, 15) is 4.79 Å². The molecule has 0 unspecified atom stereocenters. The van der Waals surface area contributed by atoms with Gasteiger partial charge in [-0.05, 0) is 24.1 Å². The summed E-state index contributed by atoms with van der Waals surface area (Å²) in [4.78, 5) is 10.5. The van der Waals surface area contributed by atoms with Gasteiger partial charge in [0.1, 0.15) is 0 Å². The molecule has 0 saturated heterocycles. The fourth-order valence-corrected chi connectivity index (χ4v) is 1.35. The van der Waals surface area contributed by atoms with E-state index in [-0.39, 0.29) is 12.3 Å². The molecule has 3 nitrogen and oxygen atoms in total. The van der Waals surface area contributed by atoms with Crippen LogP contribution in [0.2, 0.25) is 5.02 Å². The summed E-state index contributed by atoms with van der Waals surface area (Å²) in [5, 5.41) is 9.09. The minimum atomic E-state index is -0.356. The van der Waals surface area contributed by atoms with Gasteiger partial charge in [-0.2, -0.15) is 5.26 Å². The SMILES string of the molecule is N#Cc1ccc(CCC(N)=O)c(Cl)c1. The maximum absolute atomic E-state index is 10.5. The number of primary amides is 1. The summed E-state index contributed by atoms with van der Waals surface area (Å²) < 4.78 is 0. The van der Waals surface area contributed by atoms with Crippen LogP contribution in [0.15, 0.2) is 18.2 Å². The highest BCUT2D eigenvalue weighted by molar-refractivity contribution is 6.31. The highest BCUT2D eigenvalue weighted by Crippen LogP contribution is 2.18. The standard InChI is InChI=1S/C10H9ClN2O/c11-9-5-7(6-12)1-2-8(9)3-4-10(13)14/h1-2,5H,3-4H2,(H2,13,14). The van der Waals surface area contributed by atoms with Gasteiger partial charge in [-0.1, -0.05) is 17.7 Å². The molecule has 0 fully saturated rings. The van der Waals surface area contributed by atoms with Crippen molar-refractivity contribution in [3.63, 3.8) is 0 Å². The number of nitriles is 1. The highest BCUT2D eigenvalue weighted by Gasteiger charge is 2.03. The van der Waals surface area contributed by atoms with Crippen molar-refractivity contribution in [1.29, 1.82) is 5.26 Å². The lowest BCUT2D eigenvalue weighted by Gasteiger charge is -2.02. The molecule has 1 rings (SSSR count). The third-order valence-electron chi connectivity index (χ3n) is 1.82. The first kappa shape index (κ1) is 10.6. The molecule has 1 aromatic carbocycles. The Hall–Kier alpha value is -1.53. The zero-order valence-electron chi connectivity index (χ0n) is 7.46. The molecule has 0 aliphatic rings. The van der Waals surface area contributed by atoms with Gasteiger partial charge in [-0.3, -0.25) is 4.79 Å². The third-order valence-corrected chi connectivity index (χ3v) is 2.17. The highest BCUT2D eigenvalue weighted by atomic mass is 35.5. The number of benzene rings is 1. The molecule has 1 aromatic rings. The first-order valence-corrected chi connectivity index (χ1v) is 4.48. The molecule has 72 valence electrons. The summed E-state index contributed by atoms with van der Waals surface area (Å²) in [5.41, 5.74) is 6.36. The Morgan fingerprint density at radius 2 is 2.29 bits per heavy atom. The number of hydrogen-bond donors (Lipinski definition) is 1. The number of rotatable bonds is 3. The molecular formula is C10H9ClN2O. The summed E-state index contributed by atoms with van der Waals surface area (Å²) >= 11 is 5.89. The summed E-state index contributed by atoms with van der Waals surface area (Å²) in [7, 11) is 0. The zero-order valence-corrected chi connectivity index (χ0v) is 8.21. The van der Waals surface area contributed by atoms with Crippen LogP contribution in [0.5, 0.6) is 0 Å². The average Bonchev–Trinajstić information content (AvgIpc) is 2.15. The van der Waals surface area contributed by atoms with Crippen molar-refractivity contribution in [2.75, 3.05) is 0 Å². The first-order valence-electron chi connectivity index (χ1n) is 4.10. The van der Waals surface area contributed by atoms with Crippen molar-refractivity contribution < 1.29 is 4.79 Å². The monoisotopic (exact) mass is 208 g/mol. The van der Waals surface area contributed by atoms with Gasteiger partial charge in [0.2, 0.25) is 5.91 Å². The Kier molecular flexibility index (Phi) is 3.49. The van der Waals surface area contributed by atoms with E-state index in [0.717, 1.165) is 5.56 Å². The zero-order chi connectivity index (χ0) is 10.6. The lowest BCUT2D eigenvalue weighted by Crippen LogP contribution is -2.11. The predicted octanol–water partition coefficient (Wildman–Crippen LogP) is 1.63. The van der Waals surface area contributed by atoms with Crippen LogP contribution in [0.1, 0.15) is 17.5 Å². The third kappa shape index (κ3) is 2.75. The predicted molar refractivity (Wildman–Crippen MR) is 53.7 cm³/mol. The Balaban J connectivity index is 2.80. The number of aryl methyl sites for hydroxylation is 1. The largest absolute Gasteiger partial charge is 0.370 e. The van der Waals surface area contributed by atoms with Gasteiger partial charge in [0.15, 0.2) is 0 Å². The first-order chi connectivity index (χ1) is 6.63. The Morgan fingerprint density at radius 1 is 1.57 bits per heavy atom. The van der Waals surface area contributed by atoms with Crippen molar-refractivity contribution in [1.82, 2.24) is 0 Å². The van der Waals surface area contributed by atoms with Crippen LogP contribution in [0.4, 0.5) is 0 Å². The van der Waals surface area contributed by atoms with Gasteiger partial charge in [0.25, 0.3) is 0 Å². The lowest BCUT2D eigenvalue weighted by atomic mass is 10.1. The van der Waals surface area contributed by atoms with Crippen LogP contribution in [-0.2, 0) is 11.2 Å². The number of nitrogens with two attached hydrogens (primary N) is 1. The van der Waals surface area contributed by atoms with E-state index >= 15 is 0 Å². The number of amides is 1. The van der Waals surface area contributed by atoms with Crippen LogP contribution < -0.4 is 5.73 Å². The second-order valence-corrected chi connectivity index (χ2v) is 3.29. The molecule has 0 spiro atoms. The van der Waals surface area contributed by atoms with E-state index < -0.39 is 0 Å². The quantitative estimate of drug-likeness (QED) is 0.821. The van der Waals surface area contributed by atoms with E-state index in [4.69, 9.17) is 22.6 Å². The maximum atomic E-state index is 10.5. The van der Waals surface area contributed by atoms with Crippen LogP contribution in [0.25, 0.3) is 0 Å². The van der Waals surface area contributed by atoms with Crippen LogP contribution in [-0.4, -0.2) is 5.91 Å². The molecule has 0 radical (unpaired) electrons. The molecule has 0 aliphatic heterocycles. The molecule has 2 N–H and O–H groups in total. The molecule has 1 amide bonds. The van der Waals surface area contributed by atoms with E-state index in [1.165, 1.54) is 0 Å². The number of hydrogen-bond acceptors (Lipinski definition) is 2. The number of nitrogens with zero attached hydrogens (tertiary/aromatic N) is 1. The Morgan fingerprint density at radius 3 is 2.79 bits per heavy atom. The maximum Gasteiger partial charge on any atom is 0.217 e. The van der Waals surface area contributed by atoms with Crippen molar-refractivity contribution >= 4 is 17.5 Å². The van der Waals surface area contributed by atoms with Crippen LogP contribution >= 0.6 is 11.6 Å².